The summed E-state index contributed by atoms with van der Waals surface area (Å²) in [7, 11) is 0. The smallest absolute Gasteiger partial charge is 0.267 e. The summed E-state index contributed by atoms with van der Waals surface area (Å²) in [4.78, 5) is 20.3. The Morgan fingerprint density at radius 1 is 0.968 bits per heavy atom. The largest absolute Gasteiger partial charge is 0.479 e. The molecule has 3 aromatic carbocycles. The van der Waals surface area contributed by atoms with E-state index in [0.29, 0.717) is 22.4 Å². The second-order valence-electron chi connectivity index (χ2n) is 6.73. The fourth-order valence-electron chi connectivity index (χ4n) is 3.04. The van der Waals surface area contributed by atoms with Gasteiger partial charge in [0.25, 0.3) is 5.91 Å². The number of nitriles is 1. The Bertz CT molecular complexity index is 1150. The molecule has 0 unspecified atom stereocenters. The predicted molar refractivity (Wildman–Crippen MR) is 124 cm³/mol. The number of hydrogen-bond acceptors (Lipinski definition) is 5. The number of hydrogen-bond donors (Lipinski definition) is 0. The monoisotopic (exact) mass is 425 g/mol. The number of thioether (sulfide) groups is 1. The molecule has 0 aliphatic carbocycles. The van der Waals surface area contributed by atoms with Crippen LogP contribution in [-0.4, -0.2) is 22.6 Å². The normalized spacial score (nSPS) is 16.0. The highest BCUT2D eigenvalue weighted by Crippen LogP contribution is 2.35. The fourth-order valence-corrected chi connectivity index (χ4v) is 4.03. The van der Waals surface area contributed by atoms with Crippen molar-refractivity contribution in [3.05, 3.63) is 101 Å². The first-order valence-electron chi connectivity index (χ1n) is 9.72. The maximum Gasteiger partial charge on any atom is 0.267 e. The van der Waals surface area contributed by atoms with Gasteiger partial charge in [0, 0.05) is 0 Å². The molecular formula is C25H19N3O2S. The van der Waals surface area contributed by atoms with E-state index in [2.05, 4.69) is 0 Å². The number of benzene rings is 3. The Morgan fingerprint density at radius 3 is 2.32 bits per heavy atom. The van der Waals surface area contributed by atoms with Gasteiger partial charge in [-0.25, -0.2) is 4.99 Å². The van der Waals surface area contributed by atoms with Crippen LogP contribution in [0, 0.1) is 11.3 Å². The van der Waals surface area contributed by atoms with Crippen molar-refractivity contribution < 1.29 is 9.53 Å². The van der Waals surface area contributed by atoms with E-state index < -0.39 is 0 Å². The van der Waals surface area contributed by atoms with Crippen molar-refractivity contribution in [3.63, 3.8) is 0 Å². The van der Waals surface area contributed by atoms with Crippen LogP contribution in [-0.2, 0) is 11.3 Å². The first-order chi connectivity index (χ1) is 15.2. The minimum Gasteiger partial charge on any atom is -0.479 e. The van der Waals surface area contributed by atoms with Gasteiger partial charge in [0.2, 0.25) is 0 Å². The summed E-state index contributed by atoms with van der Waals surface area (Å²) in [6, 6.07) is 28.7. The molecule has 5 nitrogen and oxygen atoms in total. The van der Waals surface area contributed by atoms with E-state index in [9.17, 15) is 4.79 Å². The number of rotatable bonds is 6. The maximum atomic E-state index is 13.2. The number of nitrogens with zero attached hydrogens (tertiary/aromatic N) is 3. The highest BCUT2D eigenvalue weighted by atomic mass is 32.2. The zero-order valence-electron chi connectivity index (χ0n) is 16.6. The van der Waals surface area contributed by atoms with Crippen LogP contribution < -0.4 is 4.74 Å². The molecule has 0 spiro atoms. The van der Waals surface area contributed by atoms with Gasteiger partial charge in [0.15, 0.2) is 11.8 Å². The second-order valence-corrected chi connectivity index (χ2v) is 7.74. The Balaban J connectivity index is 1.62. The molecule has 152 valence electrons. The van der Waals surface area contributed by atoms with Gasteiger partial charge in [-0.3, -0.25) is 9.69 Å². The molecule has 1 heterocycles. The van der Waals surface area contributed by atoms with Crippen LogP contribution in [0.25, 0.3) is 6.08 Å². The molecule has 0 aromatic heterocycles. The lowest BCUT2D eigenvalue weighted by molar-refractivity contribution is -0.122. The molecule has 1 saturated heterocycles. The number of aliphatic imine (C=N–C) groups is 1. The van der Waals surface area contributed by atoms with E-state index in [1.807, 2.05) is 84.9 Å². The van der Waals surface area contributed by atoms with E-state index in [1.54, 1.807) is 17.0 Å². The van der Waals surface area contributed by atoms with Gasteiger partial charge in [0.05, 0.1) is 17.1 Å². The van der Waals surface area contributed by atoms with Crippen LogP contribution in [0.1, 0.15) is 11.1 Å². The summed E-state index contributed by atoms with van der Waals surface area (Å²) in [6.45, 7) is 0.457. The summed E-state index contributed by atoms with van der Waals surface area (Å²) < 4.78 is 5.29. The summed E-state index contributed by atoms with van der Waals surface area (Å²) in [6.07, 6.45) is 1.85. The highest BCUT2D eigenvalue weighted by Gasteiger charge is 2.33. The fraction of sp³-hybridized carbons (Fsp3) is 0.0800. The Hall–Kier alpha value is -3.82. The molecular weight excluding hydrogens is 406 g/mol. The van der Waals surface area contributed by atoms with Crippen molar-refractivity contribution in [2.75, 3.05) is 6.61 Å². The number of ether oxygens (including phenoxy) is 1. The molecule has 1 fully saturated rings. The number of amides is 1. The van der Waals surface area contributed by atoms with E-state index in [0.717, 1.165) is 16.8 Å². The van der Waals surface area contributed by atoms with Gasteiger partial charge >= 0.3 is 0 Å². The Kier molecular flexibility index (Phi) is 6.46. The molecule has 1 aliphatic rings. The lowest BCUT2D eigenvalue weighted by Gasteiger charge is -2.15. The quantitative estimate of drug-likeness (QED) is 0.497. The number of amidine groups is 1. The molecule has 0 bridgehead atoms. The summed E-state index contributed by atoms with van der Waals surface area (Å²) in [5, 5.41) is 9.27. The van der Waals surface area contributed by atoms with Crippen LogP contribution in [0.4, 0.5) is 5.69 Å². The van der Waals surface area contributed by atoms with E-state index in [4.69, 9.17) is 15.0 Å². The average molecular weight is 426 g/mol. The lowest BCUT2D eigenvalue weighted by Crippen LogP contribution is -2.28. The highest BCUT2D eigenvalue weighted by molar-refractivity contribution is 8.18. The molecule has 31 heavy (non-hydrogen) atoms. The van der Waals surface area contributed by atoms with Crippen LogP contribution in [0.15, 0.2) is 94.8 Å². The van der Waals surface area contributed by atoms with Crippen LogP contribution in [0.5, 0.6) is 5.75 Å². The molecule has 1 amide bonds. The first kappa shape index (κ1) is 20.5. The maximum absolute atomic E-state index is 13.2. The van der Waals surface area contributed by atoms with Gasteiger partial charge in [-0.05, 0) is 53.2 Å². The van der Waals surface area contributed by atoms with Gasteiger partial charge in [-0.15, -0.1) is 0 Å². The van der Waals surface area contributed by atoms with E-state index in [-0.39, 0.29) is 12.5 Å². The van der Waals surface area contributed by atoms with Crippen molar-refractivity contribution in [2.45, 2.75) is 6.54 Å². The van der Waals surface area contributed by atoms with E-state index in [1.165, 1.54) is 11.8 Å². The lowest BCUT2D eigenvalue weighted by atomic mass is 10.2. The van der Waals surface area contributed by atoms with Crippen LogP contribution >= 0.6 is 11.8 Å². The third-order valence-electron chi connectivity index (χ3n) is 4.53. The minimum absolute atomic E-state index is 0.00251. The van der Waals surface area contributed by atoms with Crippen molar-refractivity contribution in [1.82, 2.24) is 4.90 Å². The van der Waals surface area contributed by atoms with E-state index >= 15 is 0 Å². The number of carbonyl (C=O) groups is 1. The molecule has 1 aliphatic heterocycles. The van der Waals surface area contributed by atoms with Crippen molar-refractivity contribution in [2.24, 2.45) is 4.99 Å². The third kappa shape index (κ3) is 5.21. The average Bonchev–Trinajstić information content (AvgIpc) is 3.09. The van der Waals surface area contributed by atoms with Gasteiger partial charge in [-0.2, -0.15) is 5.26 Å². The molecule has 3 aromatic rings. The van der Waals surface area contributed by atoms with Crippen molar-refractivity contribution in [1.29, 1.82) is 5.26 Å². The summed E-state index contributed by atoms with van der Waals surface area (Å²) in [5.41, 5.74) is 2.72. The molecule has 0 radical (unpaired) electrons. The minimum atomic E-state index is -0.0756. The number of para-hydroxylation sites is 1. The summed E-state index contributed by atoms with van der Waals surface area (Å²) >= 11 is 1.37. The molecule has 6 heteroatoms. The Labute approximate surface area is 185 Å². The van der Waals surface area contributed by atoms with Crippen molar-refractivity contribution >= 4 is 34.6 Å². The number of carbonyl (C=O) groups excluding carboxylic acids is 1. The van der Waals surface area contributed by atoms with Gasteiger partial charge in [-0.1, -0.05) is 60.7 Å². The first-order valence-corrected chi connectivity index (χ1v) is 10.5. The second kappa shape index (κ2) is 9.79. The van der Waals surface area contributed by atoms with Gasteiger partial charge < -0.3 is 4.74 Å². The molecule has 4 rings (SSSR count). The summed E-state index contributed by atoms with van der Waals surface area (Å²) in [5.74, 6) is 0.541. The van der Waals surface area contributed by atoms with Gasteiger partial charge in [0.1, 0.15) is 11.8 Å². The topological polar surface area (TPSA) is 65.7 Å². The van der Waals surface area contributed by atoms with Crippen LogP contribution in [0.3, 0.4) is 0 Å². The molecule has 0 saturated carbocycles. The standard InChI is InChI=1S/C25H19N3O2S/c26-15-16-30-22-13-11-19(12-14-22)17-23-24(29)28(18-20-7-3-1-4-8-20)25(31-23)27-21-9-5-2-6-10-21/h1-14,17H,16,18H2/b23-17+,27-25?. The predicted octanol–water partition coefficient (Wildman–Crippen LogP) is 5.39. The zero-order chi connectivity index (χ0) is 21.5. The van der Waals surface area contributed by atoms with Crippen molar-refractivity contribution in [3.8, 4) is 11.8 Å². The third-order valence-corrected chi connectivity index (χ3v) is 5.54. The SMILES string of the molecule is N#CCOc1ccc(/C=C2/SC(=Nc3ccccc3)N(Cc3ccccc3)C2=O)cc1. The molecule has 0 atom stereocenters. The van der Waals surface area contributed by atoms with Crippen LogP contribution in [0.2, 0.25) is 0 Å². The Morgan fingerprint density at radius 2 is 1.65 bits per heavy atom. The zero-order valence-corrected chi connectivity index (χ0v) is 17.5. The molecule has 0 N–H and O–H groups in total.